The van der Waals surface area contributed by atoms with Crippen molar-refractivity contribution in [3.05, 3.63) is 18.2 Å². The highest BCUT2D eigenvalue weighted by molar-refractivity contribution is 6.00. The third-order valence-corrected chi connectivity index (χ3v) is 13.9. The Labute approximate surface area is 504 Å². The number of nitrogens with one attached hydrogen (secondary N) is 11. The van der Waals surface area contributed by atoms with Crippen molar-refractivity contribution in [1.29, 1.82) is 0 Å². The number of rotatable bonds is 39. The number of amides is 13. The first kappa shape index (κ1) is 75.2. The van der Waals surface area contributed by atoms with Gasteiger partial charge in [0.15, 0.2) is 0 Å². The van der Waals surface area contributed by atoms with E-state index in [-0.39, 0.29) is 36.9 Å². The van der Waals surface area contributed by atoms with Crippen molar-refractivity contribution in [2.45, 2.75) is 178 Å². The minimum Gasteiger partial charge on any atom is -0.481 e. The van der Waals surface area contributed by atoms with Crippen molar-refractivity contribution >= 4 is 88.7 Å². The second kappa shape index (κ2) is 36.9. The lowest BCUT2D eigenvalue weighted by Gasteiger charge is -2.30. The first-order chi connectivity index (χ1) is 41.3. The Morgan fingerprint density at radius 3 is 1.47 bits per heavy atom. The number of nitrogens with two attached hydrogens (primary N) is 3. The van der Waals surface area contributed by atoms with E-state index in [4.69, 9.17) is 17.2 Å². The highest BCUT2D eigenvalue weighted by atomic mass is 16.4. The van der Waals surface area contributed by atoms with E-state index in [1.807, 2.05) is 0 Å². The van der Waals surface area contributed by atoms with Gasteiger partial charge in [0.2, 0.25) is 76.8 Å². The zero-order chi connectivity index (χ0) is 66.7. The van der Waals surface area contributed by atoms with Crippen molar-refractivity contribution in [2.24, 2.45) is 29.0 Å². The number of carboxylic acid groups (broad SMARTS) is 2. The third-order valence-electron chi connectivity index (χ3n) is 13.9. The van der Waals surface area contributed by atoms with Crippen molar-refractivity contribution in [3.8, 4) is 0 Å². The van der Waals surface area contributed by atoms with Crippen LogP contribution in [0, 0.1) is 11.8 Å². The Balaban J connectivity index is 2.26. The third kappa shape index (κ3) is 24.8. The minimum atomic E-state index is -1.93. The molecule has 0 unspecified atom stereocenters. The van der Waals surface area contributed by atoms with Gasteiger partial charge in [-0.05, 0) is 57.8 Å². The molecule has 36 heteroatoms. The number of primary amides is 2. The average molecular weight is 1250 g/mol. The largest absolute Gasteiger partial charge is 0.481 e. The molecule has 88 heavy (non-hydrogen) atoms. The number of H-pyrrole nitrogens is 1. The van der Waals surface area contributed by atoms with Crippen molar-refractivity contribution < 1.29 is 97.5 Å². The maximum atomic E-state index is 13.9. The maximum absolute atomic E-state index is 13.9. The maximum Gasteiger partial charge on any atom is 0.326 e. The van der Waals surface area contributed by atoms with E-state index < -0.39 is 220 Å². The molecule has 2 rings (SSSR count). The number of imidazole rings is 1. The Hall–Kier alpha value is -8.90. The summed E-state index contributed by atoms with van der Waals surface area (Å²) in [6, 6.07) is -19.0. The Morgan fingerprint density at radius 2 is 1.01 bits per heavy atom. The SMILES string of the molecule is CC[C@H](C)[C@H](N)C(=O)N[C@@H](CO)C(=O)N1CCC[C@H]1C(=O)N[C@@H](CO)C(=O)N[C@@H](Cc1cnc[nH]1)C(=O)N[C@@H](CO)C(=O)N[C@@H](CCC(N)=O)C(=O)N[C@@H](C)C(=O)N[C@@H](CCC(N)=O)C(=O)N[C@@H](C)C(=O)N[C@@H](CC(=O)O)C(=O)N[C@@H](CC(C)C)C(=O)O. The monoisotopic (exact) mass is 1250 g/mol. The molecule has 22 N–H and O–H groups in total. The van der Waals surface area contributed by atoms with Crippen LogP contribution in [0.2, 0.25) is 0 Å². The molecule has 0 spiro atoms. The lowest BCUT2D eigenvalue weighted by molar-refractivity contribution is -0.144. The van der Waals surface area contributed by atoms with E-state index in [2.05, 4.69) is 63.1 Å². The van der Waals surface area contributed by atoms with Gasteiger partial charge in [0.1, 0.15) is 66.5 Å². The van der Waals surface area contributed by atoms with E-state index in [1.54, 1.807) is 27.7 Å². The van der Waals surface area contributed by atoms with Crippen LogP contribution >= 0.6 is 0 Å². The topological polar surface area (TPSA) is 587 Å². The molecule has 36 nitrogen and oxygen atoms in total. The van der Waals surface area contributed by atoms with Gasteiger partial charge in [-0.3, -0.25) is 67.1 Å². The number of carbonyl (C=O) groups is 15. The number of carboxylic acids is 2. The molecule has 0 radical (unpaired) electrons. The average Bonchev–Trinajstić information content (AvgIpc) is 3.49. The summed E-state index contributed by atoms with van der Waals surface area (Å²) in [5, 5.41) is 72.3. The molecule has 1 aliphatic rings. The summed E-state index contributed by atoms with van der Waals surface area (Å²) < 4.78 is 0. The number of nitrogens with zero attached hydrogens (tertiary/aromatic N) is 2. The number of likely N-dealkylation sites (tertiary alicyclic amines) is 1. The predicted octanol–water partition coefficient (Wildman–Crippen LogP) is -8.68. The molecule has 0 bridgehead atoms. The summed E-state index contributed by atoms with van der Waals surface area (Å²) in [5.41, 5.74) is 16.8. The van der Waals surface area contributed by atoms with Gasteiger partial charge in [0.25, 0.3) is 0 Å². The molecule has 0 aromatic carbocycles. The fourth-order valence-corrected chi connectivity index (χ4v) is 8.58. The van der Waals surface area contributed by atoms with Crippen molar-refractivity contribution in [1.82, 2.24) is 68.0 Å². The molecule has 1 saturated heterocycles. The lowest BCUT2D eigenvalue weighted by Crippen LogP contribution is -2.61. The van der Waals surface area contributed by atoms with Crippen LogP contribution in [-0.4, -0.2) is 228 Å². The molecule has 13 atom stereocenters. The van der Waals surface area contributed by atoms with Crippen LogP contribution in [0.4, 0.5) is 0 Å². The number of aliphatic hydroxyl groups is 3. The van der Waals surface area contributed by atoms with Crippen LogP contribution in [0.15, 0.2) is 12.5 Å². The number of carbonyl (C=O) groups excluding carboxylic acids is 13. The first-order valence-corrected chi connectivity index (χ1v) is 28.2. The Bertz CT molecular complexity index is 2640. The summed E-state index contributed by atoms with van der Waals surface area (Å²) in [6.45, 7) is 6.03. The van der Waals surface area contributed by atoms with E-state index in [0.29, 0.717) is 12.8 Å². The molecule has 1 aliphatic heterocycles. The van der Waals surface area contributed by atoms with E-state index in [0.717, 1.165) is 18.7 Å². The van der Waals surface area contributed by atoms with Gasteiger partial charge < -0.3 is 106 Å². The predicted molar refractivity (Wildman–Crippen MR) is 303 cm³/mol. The molecule has 2 heterocycles. The number of aromatic nitrogens is 2. The molecule has 0 saturated carbocycles. The van der Waals surface area contributed by atoms with Gasteiger partial charge in [-0.1, -0.05) is 34.1 Å². The summed E-state index contributed by atoms with van der Waals surface area (Å²) in [4.78, 5) is 203. The van der Waals surface area contributed by atoms with Crippen LogP contribution in [0.5, 0.6) is 0 Å². The first-order valence-electron chi connectivity index (χ1n) is 28.2. The van der Waals surface area contributed by atoms with Crippen LogP contribution < -0.4 is 70.4 Å². The molecule has 1 aromatic heterocycles. The summed E-state index contributed by atoms with van der Waals surface area (Å²) in [6.07, 6.45) is -0.171. The van der Waals surface area contributed by atoms with Gasteiger partial charge in [0.05, 0.1) is 38.6 Å². The van der Waals surface area contributed by atoms with Crippen molar-refractivity contribution in [3.63, 3.8) is 0 Å². The van der Waals surface area contributed by atoms with Crippen molar-refractivity contribution in [2.75, 3.05) is 26.4 Å². The number of aliphatic carboxylic acids is 2. The van der Waals surface area contributed by atoms with Gasteiger partial charge in [0, 0.05) is 37.7 Å². The minimum absolute atomic E-state index is 0.0137. The zero-order valence-electron chi connectivity index (χ0n) is 49.6. The van der Waals surface area contributed by atoms with Gasteiger partial charge >= 0.3 is 11.9 Å². The smallest absolute Gasteiger partial charge is 0.326 e. The molecule has 1 fully saturated rings. The summed E-state index contributed by atoms with van der Waals surface area (Å²) >= 11 is 0. The van der Waals surface area contributed by atoms with Gasteiger partial charge in [-0.15, -0.1) is 0 Å². The zero-order valence-corrected chi connectivity index (χ0v) is 49.6. The van der Waals surface area contributed by atoms with Crippen LogP contribution in [0.25, 0.3) is 0 Å². The molecular weight excluding hydrogens is 1170 g/mol. The lowest BCUT2D eigenvalue weighted by atomic mass is 9.99. The number of hydrogen-bond acceptors (Lipinski definition) is 20. The molecule has 13 amide bonds. The number of aromatic amines is 1. The second-order valence-electron chi connectivity index (χ2n) is 21.5. The molecule has 492 valence electrons. The quantitative estimate of drug-likeness (QED) is 0.0291. The number of aliphatic hydroxyl groups excluding tert-OH is 3. The van der Waals surface area contributed by atoms with Gasteiger partial charge in [-0.25, -0.2) is 9.78 Å². The standard InChI is InChI=1S/C52H84N16O20/c1-7-24(4)40(55)50(85)67-35(21-71)51(86)68-14-8-9-36(68)49(84)66-34(20-70)48(83)63-30(16-27-18-56-22-57-27)45(80)65-33(19-69)47(82)61-29(11-13-38(54)73)44(79)58-25(5)41(76)60-28(10-12-37(53)72)43(78)59-26(6)42(77)62-31(17-39(74)75)46(81)64-32(52(87)88)15-23(2)3/h18,22-26,28-36,40,69-71H,7-17,19-21,55H2,1-6H3,(H2,53,72)(H2,54,73)(H,56,57)(H,58,79)(H,59,78)(H,60,76)(H,61,82)(H,62,77)(H,63,83)(H,64,81)(H,65,80)(H,66,84)(H,67,85)(H,74,75)(H,87,88)/t24-,25-,26-,28-,29-,30-,31-,32-,33-,34-,35-,36-,40-/m0/s1. The van der Waals surface area contributed by atoms with Crippen LogP contribution in [0.3, 0.4) is 0 Å². The Kier molecular flexibility index (Phi) is 31.6. The highest BCUT2D eigenvalue weighted by Gasteiger charge is 2.41. The molecule has 1 aromatic rings. The fourth-order valence-electron chi connectivity index (χ4n) is 8.58. The second-order valence-corrected chi connectivity index (χ2v) is 21.5. The summed E-state index contributed by atoms with van der Waals surface area (Å²) in [5.74, 6) is -17.1. The van der Waals surface area contributed by atoms with E-state index in [9.17, 15) is 97.5 Å². The molecule has 0 aliphatic carbocycles. The highest BCUT2D eigenvalue weighted by Crippen LogP contribution is 2.20. The van der Waals surface area contributed by atoms with E-state index >= 15 is 0 Å². The van der Waals surface area contributed by atoms with E-state index in [1.165, 1.54) is 12.5 Å². The normalized spacial score (nSPS) is 16.9. The number of hydrogen-bond donors (Lipinski definition) is 19. The summed E-state index contributed by atoms with van der Waals surface area (Å²) in [7, 11) is 0. The van der Waals surface area contributed by atoms with Gasteiger partial charge in [-0.2, -0.15) is 0 Å². The van der Waals surface area contributed by atoms with Crippen LogP contribution in [-0.2, 0) is 78.3 Å². The Morgan fingerprint density at radius 1 is 0.580 bits per heavy atom. The fraction of sp³-hybridized carbons (Fsp3) is 0.654. The molecular formula is C52H84N16O20. The van der Waals surface area contributed by atoms with Crippen LogP contribution in [0.1, 0.15) is 105 Å².